The fourth-order valence-electron chi connectivity index (χ4n) is 3.73. The second-order valence-electron chi connectivity index (χ2n) is 7.09. The lowest BCUT2D eigenvalue weighted by Gasteiger charge is -2.33. The minimum atomic E-state index is 0.190. The molecule has 0 aromatic heterocycles. The Morgan fingerprint density at radius 2 is 1.95 bits per heavy atom. The van der Waals surface area contributed by atoms with E-state index in [2.05, 4.69) is 43.4 Å². The SMILES string of the molecule is CC(C)CC1CCCC(NC(CO)Cc2ccccc2)C1. The molecule has 118 valence electrons. The van der Waals surface area contributed by atoms with Gasteiger partial charge in [-0.1, -0.05) is 57.0 Å². The Labute approximate surface area is 130 Å². The Morgan fingerprint density at radius 1 is 1.19 bits per heavy atom. The molecule has 0 aliphatic heterocycles. The minimum absolute atomic E-state index is 0.190. The maximum Gasteiger partial charge on any atom is 0.0587 e. The Hall–Kier alpha value is -0.860. The van der Waals surface area contributed by atoms with E-state index in [4.69, 9.17) is 0 Å². The fourth-order valence-corrected chi connectivity index (χ4v) is 3.73. The van der Waals surface area contributed by atoms with Crippen molar-refractivity contribution in [1.82, 2.24) is 5.32 Å². The van der Waals surface area contributed by atoms with Gasteiger partial charge < -0.3 is 10.4 Å². The Kier molecular flexibility index (Phi) is 6.72. The van der Waals surface area contributed by atoms with E-state index in [1.54, 1.807) is 0 Å². The van der Waals surface area contributed by atoms with Gasteiger partial charge in [0.1, 0.15) is 0 Å². The highest BCUT2D eigenvalue weighted by molar-refractivity contribution is 5.16. The number of hydrogen-bond donors (Lipinski definition) is 2. The van der Waals surface area contributed by atoms with Gasteiger partial charge in [-0.05, 0) is 43.1 Å². The first kappa shape index (κ1) is 16.5. The lowest BCUT2D eigenvalue weighted by molar-refractivity contribution is 0.194. The van der Waals surface area contributed by atoms with E-state index in [1.165, 1.54) is 37.7 Å². The molecule has 2 N–H and O–H groups in total. The molecule has 0 heterocycles. The molecule has 0 bridgehead atoms. The summed E-state index contributed by atoms with van der Waals surface area (Å²) in [4.78, 5) is 0. The highest BCUT2D eigenvalue weighted by Gasteiger charge is 2.24. The average molecular weight is 289 g/mol. The van der Waals surface area contributed by atoms with Crippen molar-refractivity contribution in [3.05, 3.63) is 35.9 Å². The molecule has 0 spiro atoms. The molecule has 1 aliphatic rings. The van der Waals surface area contributed by atoms with Crippen molar-refractivity contribution in [3.63, 3.8) is 0 Å². The molecule has 1 fully saturated rings. The summed E-state index contributed by atoms with van der Waals surface area (Å²) in [7, 11) is 0. The van der Waals surface area contributed by atoms with E-state index in [9.17, 15) is 5.11 Å². The monoisotopic (exact) mass is 289 g/mol. The summed E-state index contributed by atoms with van der Waals surface area (Å²) in [5.74, 6) is 1.67. The van der Waals surface area contributed by atoms with Gasteiger partial charge in [-0.15, -0.1) is 0 Å². The van der Waals surface area contributed by atoms with Crippen LogP contribution in [0, 0.1) is 11.8 Å². The van der Waals surface area contributed by atoms with Crippen molar-refractivity contribution >= 4 is 0 Å². The number of rotatable bonds is 7. The second kappa shape index (κ2) is 8.55. The number of aliphatic hydroxyl groups is 1. The maximum atomic E-state index is 9.67. The average Bonchev–Trinajstić information content (AvgIpc) is 2.47. The van der Waals surface area contributed by atoms with E-state index < -0.39 is 0 Å². The summed E-state index contributed by atoms with van der Waals surface area (Å²) in [5, 5.41) is 13.4. The molecular formula is C19H31NO. The van der Waals surface area contributed by atoms with Crippen LogP contribution in [0.3, 0.4) is 0 Å². The van der Waals surface area contributed by atoms with Crippen molar-refractivity contribution in [2.75, 3.05) is 6.61 Å². The first-order chi connectivity index (χ1) is 10.2. The van der Waals surface area contributed by atoms with Crippen molar-refractivity contribution in [3.8, 4) is 0 Å². The van der Waals surface area contributed by atoms with Crippen LogP contribution in [0.15, 0.2) is 30.3 Å². The van der Waals surface area contributed by atoms with Gasteiger partial charge in [-0.2, -0.15) is 0 Å². The summed E-state index contributed by atoms with van der Waals surface area (Å²) in [5.41, 5.74) is 1.30. The molecule has 1 aromatic rings. The van der Waals surface area contributed by atoms with Crippen molar-refractivity contribution < 1.29 is 5.11 Å². The predicted molar refractivity (Wildman–Crippen MR) is 89.4 cm³/mol. The van der Waals surface area contributed by atoms with Crippen LogP contribution in [0.4, 0.5) is 0 Å². The molecular weight excluding hydrogens is 258 g/mol. The van der Waals surface area contributed by atoms with E-state index >= 15 is 0 Å². The van der Waals surface area contributed by atoms with E-state index in [1.807, 2.05) is 6.07 Å². The Morgan fingerprint density at radius 3 is 2.62 bits per heavy atom. The second-order valence-corrected chi connectivity index (χ2v) is 7.09. The Balaban J connectivity index is 1.83. The first-order valence-corrected chi connectivity index (χ1v) is 8.58. The molecule has 0 radical (unpaired) electrons. The predicted octanol–water partition coefficient (Wildman–Crippen LogP) is 3.78. The molecule has 1 aromatic carbocycles. The van der Waals surface area contributed by atoms with E-state index in [-0.39, 0.29) is 12.6 Å². The minimum Gasteiger partial charge on any atom is -0.395 e. The van der Waals surface area contributed by atoms with Crippen LogP contribution in [-0.4, -0.2) is 23.8 Å². The standard InChI is InChI=1S/C19H31NO/c1-15(2)11-17-9-6-10-18(13-17)20-19(14-21)12-16-7-4-3-5-8-16/h3-5,7-8,15,17-21H,6,9-14H2,1-2H3. The van der Waals surface area contributed by atoms with Crippen molar-refractivity contribution in [2.24, 2.45) is 11.8 Å². The summed E-state index contributed by atoms with van der Waals surface area (Å²) in [6, 6.07) is 11.3. The van der Waals surface area contributed by atoms with Gasteiger partial charge in [-0.25, -0.2) is 0 Å². The van der Waals surface area contributed by atoms with E-state index in [0.717, 1.165) is 18.3 Å². The first-order valence-electron chi connectivity index (χ1n) is 8.58. The Bertz CT molecular complexity index is 390. The third-order valence-electron chi connectivity index (χ3n) is 4.60. The van der Waals surface area contributed by atoms with Crippen LogP contribution >= 0.6 is 0 Å². The molecule has 1 saturated carbocycles. The quantitative estimate of drug-likeness (QED) is 0.800. The number of hydrogen-bond acceptors (Lipinski definition) is 2. The van der Waals surface area contributed by atoms with Crippen LogP contribution in [0.2, 0.25) is 0 Å². The molecule has 2 rings (SSSR count). The van der Waals surface area contributed by atoms with Gasteiger partial charge in [0.25, 0.3) is 0 Å². The number of benzene rings is 1. The topological polar surface area (TPSA) is 32.3 Å². The van der Waals surface area contributed by atoms with Gasteiger partial charge >= 0.3 is 0 Å². The zero-order chi connectivity index (χ0) is 15.1. The van der Waals surface area contributed by atoms with Crippen molar-refractivity contribution in [1.29, 1.82) is 0 Å². The van der Waals surface area contributed by atoms with Gasteiger partial charge in [0.2, 0.25) is 0 Å². The van der Waals surface area contributed by atoms with Crippen molar-refractivity contribution in [2.45, 2.75) is 64.5 Å². The van der Waals surface area contributed by atoms with Crippen LogP contribution in [0.5, 0.6) is 0 Å². The number of nitrogens with one attached hydrogen (secondary N) is 1. The molecule has 21 heavy (non-hydrogen) atoms. The molecule has 3 unspecified atom stereocenters. The van der Waals surface area contributed by atoms with E-state index in [0.29, 0.717) is 6.04 Å². The van der Waals surface area contributed by atoms with Gasteiger partial charge in [-0.3, -0.25) is 0 Å². The zero-order valence-corrected chi connectivity index (χ0v) is 13.6. The molecule has 0 amide bonds. The zero-order valence-electron chi connectivity index (χ0n) is 13.6. The van der Waals surface area contributed by atoms with Crippen LogP contribution < -0.4 is 5.32 Å². The highest BCUT2D eigenvalue weighted by Crippen LogP contribution is 2.29. The maximum absolute atomic E-state index is 9.67. The normalized spacial score (nSPS) is 24.2. The summed E-state index contributed by atoms with van der Waals surface area (Å²) >= 11 is 0. The lowest BCUT2D eigenvalue weighted by atomic mass is 9.81. The van der Waals surface area contributed by atoms with Gasteiger partial charge in [0, 0.05) is 12.1 Å². The molecule has 2 heteroatoms. The lowest BCUT2D eigenvalue weighted by Crippen LogP contribution is -2.44. The molecule has 2 nitrogen and oxygen atoms in total. The molecule has 1 aliphatic carbocycles. The number of aliphatic hydroxyl groups excluding tert-OH is 1. The largest absolute Gasteiger partial charge is 0.395 e. The molecule has 3 atom stereocenters. The van der Waals surface area contributed by atoms with Gasteiger partial charge in [0.15, 0.2) is 0 Å². The van der Waals surface area contributed by atoms with Crippen LogP contribution in [0.1, 0.15) is 51.5 Å². The smallest absolute Gasteiger partial charge is 0.0587 e. The molecule has 0 saturated heterocycles. The third-order valence-corrected chi connectivity index (χ3v) is 4.60. The van der Waals surface area contributed by atoms with Crippen LogP contribution in [-0.2, 0) is 6.42 Å². The van der Waals surface area contributed by atoms with Crippen LogP contribution in [0.25, 0.3) is 0 Å². The highest BCUT2D eigenvalue weighted by atomic mass is 16.3. The fraction of sp³-hybridized carbons (Fsp3) is 0.684. The summed E-state index contributed by atoms with van der Waals surface area (Å²) in [6.07, 6.45) is 7.53. The third kappa shape index (κ3) is 5.80. The summed E-state index contributed by atoms with van der Waals surface area (Å²) in [6.45, 7) is 4.87. The van der Waals surface area contributed by atoms with Gasteiger partial charge in [0.05, 0.1) is 6.61 Å². The summed E-state index contributed by atoms with van der Waals surface area (Å²) < 4.78 is 0.